The van der Waals surface area contributed by atoms with Crippen molar-refractivity contribution in [3.8, 4) is 11.4 Å². The average molecular weight is 473 g/mol. The van der Waals surface area contributed by atoms with Crippen LogP contribution in [-0.4, -0.2) is 32.9 Å². The molecule has 2 aromatic heterocycles. The Morgan fingerprint density at radius 1 is 1.00 bits per heavy atom. The number of imide groups is 1. The molecule has 4 aromatic rings. The molecule has 0 N–H and O–H groups in total. The molecule has 0 bridgehead atoms. The fourth-order valence-electron chi connectivity index (χ4n) is 3.78. The number of nitrogens with zero attached hydrogens (tertiary/aromatic N) is 4. The molecule has 0 aliphatic carbocycles. The molecule has 0 saturated carbocycles. The fraction of sp³-hybridized carbons (Fsp3) is 0.0909. The zero-order valence-electron chi connectivity index (χ0n) is 16.7. The van der Waals surface area contributed by atoms with E-state index in [4.69, 9.17) is 11.6 Å². The van der Waals surface area contributed by atoms with Crippen LogP contribution in [0.2, 0.25) is 5.02 Å². The van der Waals surface area contributed by atoms with Crippen LogP contribution in [0.3, 0.4) is 0 Å². The largest absolute Gasteiger partial charge is 0.573 e. The van der Waals surface area contributed by atoms with Crippen molar-refractivity contribution in [1.82, 2.24) is 14.8 Å². The van der Waals surface area contributed by atoms with Crippen LogP contribution in [-0.2, 0) is 0 Å². The number of anilines is 1. The summed E-state index contributed by atoms with van der Waals surface area (Å²) in [5.74, 6) is -1.94. The smallest absolute Gasteiger partial charge is 0.406 e. The average Bonchev–Trinajstić information content (AvgIpc) is 3.21. The number of ether oxygens (including phenoxy) is 1. The van der Waals surface area contributed by atoms with Crippen LogP contribution >= 0.6 is 11.6 Å². The highest BCUT2D eigenvalue weighted by atomic mass is 35.5. The maximum Gasteiger partial charge on any atom is 0.573 e. The summed E-state index contributed by atoms with van der Waals surface area (Å²) in [5.41, 5.74) is 1.53. The number of hydrogen-bond donors (Lipinski definition) is 0. The number of aryl methyl sites for hydroxylation is 1. The summed E-state index contributed by atoms with van der Waals surface area (Å²) in [6, 6.07) is 11.5. The maximum absolute atomic E-state index is 13.3. The lowest BCUT2D eigenvalue weighted by Gasteiger charge is -2.15. The number of halogens is 4. The quantitative estimate of drug-likeness (QED) is 0.388. The summed E-state index contributed by atoms with van der Waals surface area (Å²) in [5, 5.41) is 5.38. The van der Waals surface area contributed by atoms with Gasteiger partial charge in [0.05, 0.1) is 33.6 Å². The van der Waals surface area contributed by atoms with Gasteiger partial charge in [0.2, 0.25) is 0 Å². The van der Waals surface area contributed by atoms with E-state index in [2.05, 4.69) is 14.8 Å². The highest BCUT2D eigenvalue weighted by Crippen LogP contribution is 2.36. The second-order valence-electron chi connectivity index (χ2n) is 7.21. The summed E-state index contributed by atoms with van der Waals surface area (Å²) in [6.45, 7) is 1.68. The molecule has 0 saturated heterocycles. The van der Waals surface area contributed by atoms with Crippen molar-refractivity contribution in [3.05, 3.63) is 76.6 Å². The SMILES string of the molecule is Cc1nn(-c2ccc(Cl)cc2)c2ncc3c(c12)C(=O)N(c1cccc(OC(F)(F)F)c1)C3=O. The molecule has 1 aliphatic rings. The predicted molar refractivity (Wildman–Crippen MR) is 113 cm³/mol. The molecule has 0 fully saturated rings. The third kappa shape index (κ3) is 3.48. The summed E-state index contributed by atoms with van der Waals surface area (Å²) in [7, 11) is 0. The van der Waals surface area contributed by atoms with Crippen molar-refractivity contribution >= 4 is 40.1 Å². The summed E-state index contributed by atoms with van der Waals surface area (Å²) in [4.78, 5) is 31.5. The highest BCUT2D eigenvalue weighted by molar-refractivity contribution is 6.37. The number of alkyl halides is 3. The minimum atomic E-state index is -4.91. The zero-order chi connectivity index (χ0) is 23.5. The van der Waals surface area contributed by atoms with Gasteiger partial charge in [0.15, 0.2) is 5.65 Å². The Labute approximate surface area is 189 Å². The monoisotopic (exact) mass is 472 g/mol. The molecule has 1 aliphatic heterocycles. The van der Waals surface area contributed by atoms with Crippen molar-refractivity contribution < 1.29 is 27.5 Å². The molecular formula is C22H12ClF3N4O3. The number of pyridine rings is 1. The predicted octanol–water partition coefficient (Wildman–Crippen LogP) is 5.08. The van der Waals surface area contributed by atoms with Gasteiger partial charge in [0, 0.05) is 17.3 Å². The minimum absolute atomic E-state index is 0.0356. The normalized spacial score (nSPS) is 13.7. The van der Waals surface area contributed by atoms with Crippen LogP contribution in [0.15, 0.2) is 54.7 Å². The molecule has 11 heteroatoms. The molecule has 0 spiro atoms. The Balaban J connectivity index is 1.62. The van der Waals surface area contributed by atoms with Gasteiger partial charge < -0.3 is 4.74 Å². The fourth-order valence-corrected chi connectivity index (χ4v) is 3.90. The Hall–Kier alpha value is -3.92. The van der Waals surface area contributed by atoms with Gasteiger partial charge in [0.1, 0.15) is 5.75 Å². The van der Waals surface area contributed by atoms with Gasteiger partial charge in [-0.2, -0.15) is 5.10 Å². The van der Waals surface area contributed by atoms with E-state index >= 15 is 0 Å². The van der Waals surface area contributed by atoms with E-state index in [0.29, 0.717) is 27.4 Å². The minimum Gasteiger partial charge on any atom is -0.406 e. The Morgan fingerprint density at radius 2 is 1.73 bits per heavy atom. The van der Waals surface area contributed by atoms with Crippen molar-refractivity contribution in [2.45, 2.75) is 13.3 Å². The van der Waals surface area contributed by atoms with E-state index in [9.17, 15) is 22.8 Å². The van der Waals surface area contributed by atoms with E-state index < -0.39 is 23.9 Å². The Kier molecular flexibility index (Phi) is 4.64. The summed E-state index contributed by atoms with van der Waals surface area (Å²) in [6.07, 6.45) is -3.65. The first-order valence-electron chi connectivity index (χ1n) is 9.53. The van der Waals surface area contributed by atoms with Crippen molar-refractivity contribution in [2.75, 3.05) is 4.90 Å². The van der Waals surface area contributed by atoms with Crippen LogP contribution < -0.4 is 9.64 Å². The van der Waals surface area contributed by atoms with Gasteiger partial charge >= 0.3 is 6.36 Å². The third-order valence-electron chi connectivity index (χ3n) is 5.10. The van der Waals surface area contributed by atoms with Crippen molar-refractivity contribution in [1.29, 1.82) is 0 Å². The second kappa shape index (κ2) is 7.31. The van der Waals surface area contributed by atoms with Crippen LogP contribution in [0.25, 0.3) is 16.7 Å². The number of aromatic nitrogens is 3. The molecule has 3 heterocycles. The van der Waals surface area contributed by atoms with Gasteiger partial charge in [-0.15, -0.1) is 13.2 Å². The van der Waals surface area contributed by atoms with Gasteiger partial charge in [-0.3, -0.25) is 9.59 Å². The Bertz CT molecular complexity index is 1450. The van der Waals surface area contributed by atoms with E-state index in [1.807, 2.05) is 0 Å². The number of carbonyl (C=O) groups is 2. The lowest BCUT2D eigenvalue weighted by molar-refractivity contribution is -0.274. The Morgan fingerprint density at radius 3 is 2.42 bits per heavy atom. The van der Waals surface area contributed by atoms with E-state index in [0.717, 1.165) is 17.0 Å². The second-order valence-corrected chi connectivity index (χ2v) is 7.65. The van der Waals surface area contributed by atoms with Crippen molar-refractivity contribution in [2.24, 2.45) is 0 Å². The topological polar surface area (TPSA) is 77.3 Å². The molecule has 0 radical (unpaired) electrons. The molecule has 2 aromatic carbocycles. The number of fused-ring (bicyclic) bond motifs is 3. The standard InChI is InChI=1S/C22H12ClF3N4O3/c1-11-17-18-16(10-27-19(17)30(28-11)13-7-5-12(23)6-8-13)20(31)29(21(18)32)14-3-2-4-15(9-14)33-22(24,25)26/h2-10H,1H3. The molecule has 0 atom stereocenters. The van der Waals surface area contributed by atoms with E-state index in [1.54, 1.807) is 31.2 Å². The van der Waals surface area contributed by atoms with Gasteiger partial charge in [0.25, 0.3) is 11.8 Å². The molecule has 2 amide bonds. The summed E-state index contributed by atoms with van der Waals surface area (Å²) >= 11 is 5.95. The number of amides is 2. The van der Waals surface area contributed by atoms with Crippen LogP contribution in [0, 0.1) is 6.92 Å². The number of carbonyl (C=O) groups excluding carboxylic acids is 2. The third-order valence-corrected chi connectivity index (χ3v) is 5.35. The molecule has 166 valence electrons. The number of hydrogen-bond acceptors (Lipinski definition) is 5. The molecule has 0 unspecified atom stereocenters. The number of rotatable bonds is 3. The van der Waals surface area contributed by atoms with Gasteiger partial charge in [-0.1, -0.05) is 17.7 Å². The van der Waals surface area contributed by atoms with Gasteiger partial charge in [-0.05, 0) is 43.3 Å². The maximum atomic E-state index is 13.3. The van der Waals surface area contributed by atoms with E-state index in [1.165, 1.54) is 23.0 Å². The zero-order valence-corrected chi connectivity index (χ0v) is 17.5. The molecule has 5 rings (SSSR count). The highest BCUT2D eigenvalue weighted by Gasteiger charge is 2.40. The van der Waals surface area contributed by atoms with Crippen molar-refractivity contribution in [3.63, 3.8) is 0 Å². The first-order valence-corrected chi connectivity index (χ1v) is 9.91. The number of benzene rings is 2. The molecule has 33 heavy (non-hydrogen) atoms. The van der Waals surface area contributed by atoms with Crippen LogP contribution in [0.4, 0.5) is 18.9 Å². The lowest BCUT2D eigenvalue weighted by Crippen LogP contribution is -2.29. The van der Waals surface area contributed by atoms with Crippen LogP contribution in [0.5, 0.6) is 5.75 Å². The van der Waals surface area contributed by atoms with Gasteiger partial charge in [-0.25, -0.2) is 14.6 Å². The molecular weight excluding hydrogens is 461 g/mol. The first-order chi connectivity index (χ1) is 15.6. The van der Waals surface area contributed by atoms with Crippen LogP contribution in [0.1, 0.15) is 26.4 Å². The molecule has 7 nitrogen and oxygen atoms in total. The first kappa shape index (κ1) is 21.0. The lowest BCUT2D eigenvalue weighted by atomic mass is 10.1. The summed E-state index contributed by atoms with van der Waals surface area (Å²) < 4.78 is 43.3. The van der Waals surface area contributed by atoms with E-state index in [-0.39, 0.29) is 16.8 Å².